The van der Waals surface area contributed by atoms with Gasteiger partial charge in [-0.25, -0.2) is 0 Å². The molecule has 252 valence electrons. The summed E-state index contributed by atoms with van der Waals surface area (Å²) in [7, 11) is 0. The van der Waals surface area contributed by atoms with Gasteiger partial charge < -0.3 is 9.13 Å². The number of hydrogen-bond acceptors (Lipinski definition) is 0. The van der Waals surface area contributed by atoms with Crippen molar-refractivity contribution < 1.29 is 0 Å². The molecule has 0 aliphatic rings. The highest BCUT2D eigenvalue weighted by molar-refractivity contribution is 6.17. The molecule has 0 saturated carbocycles. The Morgan fingerprint density at radius 2 is 0.796 bits per heavy atom. The van der Waals surface area contributed by atoms with E-state index < -0.39 is 0 Å². The van der Waals surface area contributed by atoms with Crippen LogP contribution in [0.3, 0.4) is 0 Å². The van der Waals surface area contributed by atoms with Gasteiger partial charge in [0.2, 0.25) is 0 Å². The van der Waals surface area contributed by atoms with Crippen molar-refractivity contribution in [2.75, 3.05) is 0 Å². The van der Waals surface area contributed by atoms with Gasteiger partial charge in [0.05, 0.1) is 22.1 Å². The van der Waals surface area contributed by atoms with Crippen LogP contribution in [0.15, 0.2) is 206 Å². The summed E-state index contributed by atoms with van der Waals surface area (Å²) < 4.78 is 4.81. The van der Waals surface area contributed by atoms with Crippen LogP contribution in [-0.2, 0) is 0 Å². The number of fused-ring (bicyclic) bond motifs is 7. The van der Waals surface area contributed by atoms with Crippen LogP contribution in [0.1, 0.15) is 0 Å². The lowest BCUT2D eigenvalue weighted by molar-refractivity contribution is 1.18. The molecule has 2 heteroatoms. The van der Waals surface area contributed by atoms with Gasteiger partial charge in [-0.1, -0.05) is 140 Å². The summed E-state index contributed by atoms with van der Waals surface area (Å²) in [6, 6.07) is 75.2. The predicted octanol–water partition coefficient (Wildman–Crippen LogP) is 14.0. The molecule has 9 aromatic carbocycles. The van der Waals surface area contributed by atoms with Crippen molar-refractivity contribution in [3.05, 3.63) is 206 Å². The fourth-order valence-corrected chi connectivity index (χ4v) is 8.57. The fourth-order valence-electron chi connectivity index (χ4n) is 8.57. The number of para-hydroxylation sites is 2. The van der Waals surface area contributed by atoms with Crippen LogP contribution in [0.4, 0.5) is 0 Å². The molecule has 0 aliphatic carbocycles. The number of aromatic nitrogens is 2. The Morgan fingerprint density at radius 3 is 1.59 bits per heavy atom. The monoisotopic (exact) mass is 686 g/mol. The van der Waals surface area contributed by atoms with E-state index in [4.69, 9.17) is 0 Å². The molecule has 0 aliphatic heterocycles. The predicted molar refractivity (Wildman–Crippen MR) is 229 cm³/mol. The van der Waals surface area contributed by atoms with E-state index in [-0.39, 0.29) is 0 Å². The van der Waals surface area contributed by atoms with Crippen molar-refractivity contribution >= 4 is 54.4 Å². The largest absolute Gasteiger partial charge is 0.309 e. The molecular formula is C52H34N2. The first-order valence-electron chi connectivity index (χ1n) is 18.6. The summed E-state index contributed by atoms with van der Waals surface area (Å²) in [6.07, 6.45) is 0. The van der Waals surface area contributed by atoms with Gasteiger partial charge in [0.1, 0.15) is 0 Å². The lowest BCUT2D eigenvalue weighted by Gasteiger charge is -2.10. The SMILES string of the molecule is c1ccc(-c2ccc(-n3c4ccccc4c4cc(-c5ccc6c(c5)c5c(-c7ccc8ccccc8c7)cccc5n6-c5ccccc5)ccc43)cc2)cc1. The minimum absolute atomic E-state index is 1.16. The lowest BCUT2D eigenvalue weighted by atomic mass is 9.95. The number of nitrogens with zero attached hydrogens (tertiary/aromatic N) is 2. The van der Waals surface area contributed by atoms with Crippen molar-refractivity contribution in [2.45, 2.75) is 0 Å². The molecule has 0 unspecified atom stereocenters. The van der Waals surface area contributed by atoms with Gasteiger partial charge in [0.25, 0.3) is 0 Å². The van der Waals surface area contributed by atoms with Gasteiger partial charge in [0, 0.05) is 32.9 Å². The molecule has 0 radical (unpaired) electrons. The molecule has 0 fully saturated rings. The second-order valence-corrected chi connectivity index (χ2v) is 14.2. The number of hydrogen-bond donors (Lipinski definition) is 0. The molecule has 2 nitrogen and oxygen atoms in total. The summed E-state index contributed by atoms with van der Waals surface area (Å²) in [5, 5.41) is 7.52. The maximum absolute atomic E-state index is 2.42. The van der Waals surface area contributed by atoms with E-state index in [9.17, 15) is 0 Å². The van der Waals surface area contributed by atoms with E-state index in [1.165, 1.54) is 87.8 Å². The van der Waals surface area contributed by atoms with Crippen LogP contribution in [0.2, 0.25) is 0 Å². The average molecular weight is 687 g/mol. The van der Waals surface area contributed by atoms with Gasteiger partial charge in [-0.2, -0.15) is 0 Å². The van der Waals surface area contributed by atoms with Gasteiger partial charge in [-0.05, 0) is 111 Å². The van der Waals surface area contributed by atoms with Crippen molar-refractivity contribution in [2.24, 2.45) is 0 Å². The Bertz CT molecular complexity index is 3180. The third kappa shape index (κ3) is 4.81. The van der Waals surface area contributed by atoms with Gasteiger partial charge >= 0.3 is 0 Å². The normalized spacial score (nSPS) is 11.7. The van der Waals surface area contributed by atoms with Gasteiger partial charge in [-0.3, -0.25) is 0 Å². The summed E-state index contributed by atoms with van der Waals surface area (Å²) in [5.41, 5.74) is 14.4. The molecule has 11 aromatic rings. The summed E-state index contributed by atoms with van der Waals surface area (Å²) in [5.74, 6) is 0. The number of benzene rings is 9. The molecule has 11 rings (SSSR count). The summed E-state index contributed by atoms with van der Waals surface area (Å²) >= 11 is 0. The van der Waals surface area contributed by atoms with Crippen molar-refractivity contribution in [1.82, 2.24) is 9.13 Å². The molecule has 2 heterocycles. The molecule has 0 saturated heterocycles. The summed E-state index contributed by atoms with van der Waals surface area (Å²) in [4.78, 5) is 0. The highest BCUT2D eigenvalue weighted by atomic mass is 15.0. The fraction of sp³-hybridized carbons (Fsp3) is 0. The maximum Gasteiger partial charge on any atom is 0.0547 e. The third-order valence-electron chi connectivity index (χ3n) is 11.1. The van der Waals surface area contributed by atoms with Gasteiger partial charge in [-0.15, -0.1) is 0 Å². The van der Waals surface area contributed by atoms with Crippen LogP contribution in [0, 0.1) is 0 Å². The molecule has 54 heavy (non-hydrogen) atoms. The average Bonchev–Trinajstić information content (AvgIpc) is 3.76. The topological polar surface area (TPSA) is 9.86 Å². The zero-order chi connectivity index (χ0) is 35.6. The zero-order valence-electron chi connectivity index (χ0n) is 29.5. The third-order valence-corrected chi connectivity index (χ3v) is 11.1. The number of rotatable bonds is 5. The first-order valence-corrected chi connectivity index (χ1v) is 18.6. The first-order chi connectivity index (χ1) is 26.8. The van der Waals surface area contributed by atoms with Crippen LogP contribution in [0.5, 0.6) is 0 Å². The first kappa shape index (κ1) is 30.5. The molecule has 0 atom stereocenters. The Hall–Kier alpha value is -7.16. The molecule has 0 N–H and O–H groups in total. The van der Waals surface area contributed by atoms with E-state index in [0.29, 0.717) is 0 Å². The van der Waals surface area contributed by atoms with Crippen LogP contribution in [-0.4, -0.2) is 9.13 Å². The summed E-state index contributed by atoms with van der Waals surface area (Å²) in [6.45, 7) is 0. The second kappa shape index (κ2) is 12.2. The van der Waals surface area contributed by atoms with Crippen molar-refractivity contribution in [1.29, 1.82) is 0 Å². The molecule has 0 bridgehead atoms. The molecular weight excluding hydrogens is 653 g/mol. The van der Waals surface area contributed by atoms with Crippen molar-refractivity contribution in [3.63, 3.8) is 0 Å². The van der Waals surface area contributed by atoms with Gasteiger partial charge in [0.15, 0.2) is 0 Å². The quantitative estimate of drug-likeness (QED) is 0.171. The van der Waals surface area contributed by atoms with E-state index in [1.807, 2.05) is 0 Å². The standard InChI is InChI=1S/C52H34N2/c1-3-12-35(13-4-1)37-24-28-43(29-25-37)53-48-20-10-9-18-45(48)46-33-39(26-30-49(46)53)40-27-31-50-47(34-40)52-44(41-23-22-36-14-7-8-15-38(36)32-41)19-11-21-51(52)54(50)42-16-5-2-6-17-42/h1-34H. The van der Waals surface area contributed by atoms with Crippen molar-refractivity contribution in [3.8, 4) is 44.8 Å². The molecule has 0 spiro atoms. The Morgan fingerprint density at radius 1 is 0.259 bits per heavy atom. The minimum Gasteiger partial charge on any atom is -0.309 e. The zero-order valence-corrected chi connectivity index (χ0v) is 29.5. The van der Waals surface area contributed by atoms with E-state index in [2.05, 4.69) is 215 Å². The Labute approximate surface area is 313 Å². The van der Waals surface area contributed by atoms with Crippen LogP contribution in [0.25, 0.3) is 99.1 Å². The van der Waals surface area contributed by atoms with E-state index >= 15 is 0 Å². The van der Waals surface area contributed by atoms with Crippen LogP contribution >= 0.6 is 0 Å². The highest BCUT2D eigenvalue weighted by Crippen LogP contribution is 2.42. The maximum atomic E-state index is 2.42. The highest BCUT2D eigenvalue weighted by Gasteiger charge is 2.18. The minimum atomic E-state index is 1.16. The Balaban J connectivity index is 1.10. The lowest BCUT2D eigenvalue weighted by Crippen LogP contribution is -1.94. The van der Waals surface area contributed by atoms with Crippen LogP contribution < -0.4 is 0 Å². The van der Waals surface area contributed by atoms with E-state index in [1.54, 1.807) is 0 Å². The van der Waals surface area contributed by atoms with E-state index in [0.717, 1.165) is 11.4 Å². The molecule has 0 amide bonds. The molecule has 2 aromatic heterocycles. The smallest absolute Gasteiger partial charge is 0.0547 e. The second-order valence-electron chi connectivity index (χ2n) is 14.2. The Kier molecular flexibility index (Phi) is 6.90.